The van der Waals surface area contributed by atoms with E-state index in [4.69, 9.17) is 4.52 Å². The highest BCUT2D eigenvalue weighted by Crippen LogP contribution is 2.24. The minimum absolute atomic E-state index is 0.129. The van der Waals surface area contributed by atoms with Gasteiger partial charge in [-0.15, -0.1) is 0 Å². The van der Waals surface area contributed by atoms with E-state index in [2.05, 4.69) is 10.1 Å². The number of hydrogen-bond donors (Lipinski definition) is 1. The third kappa shape index (κ3) is 2.96. The van der Waals surface area contributed by atoms with Crippen LogP contribution in [0, 0.1) is 11.6 Å². The van der Waals surface area contributed by atoms with Gasteiger partial charge < -0.3 is 9.63 Å². The lowest BCUT2D eigenvalue weighted by atomic mass is 10.1. The standard InChI is InChI=1S/C15H16F2N2O2/c16-13-4-3-10(6-14(13)17)15-7-12(21-18-15)8-19-5-1-2-11(19)9-20/h3-4,6-7,11,20H,1-2,5,8-9H2/t11-/m1/s1. The maximum absolute atomic E-state index is 13.2. The van der Waals surface area contributed by atoms with Gasteiger partial charge in [0, 0.05) is 17.7 Å². The van der Waals surface area contributed by atoms with Gasteiger partial charge in [-0.05, 0) is 37.6 Å². The van der Waals surface area contributed by atoms with Crippen molar-refractivity contribution in [2.75, 3.05) is 13.2 Å². The van der Waals surface area contributed by atoms with Crippen LogP contribution >= 0.6 is 0 Å². The van der Waals surface area contributed by atoms with Gasteiger partial charge in [0.05, 0.1) is 13.2 Å². The van der Waals surface area contributed by atoms with Crippen molar-refractivity contribution in [3.8, 4) is 11.3 Å². The van der Waals surface area contributed by atoms with E-state index < -0.39 is 11.6 Å². The first-order valence-corrected chi connectivity index (χ1v) is 6.93. The number of benzene rings is 1. The molecule has 1 atom stereocenters. The van der Waals surface area contributed by atoms with Crippen LogP contribution in [0.25, 0.3) is 11.3 Å². The smallest absolute Gasteiger partial charge is 0.159 e. The summed E-state index contributed by atoms with van der Waals surface area (Å²) in [7, 11) is 0. The summed E-state index contributed by atoms with van der Waals surface area (Å²) in [5, 5.41) is 13.2. The molecule has 6 heteroatoms. The summed E-state index contributed by atoms with van der Waals surface area (Å²) in [6.45, 7) is 1.60. The van der Waals surface area contributed by atoms with Crippen LogP contribution in [-0.4, -0.2) is 34.4 Å². The molecule has 0 radical (unpaired) electrons. The molecule has 1 fully saturated rings. The average Bonchev–Trinajstić information content (AvgIpc) is 3.11. The molecule has 0 aliphatic carbocycles. The normalized spacial score (nSPS) is 19.3. The number of aliphatic hydroxyl groups excluding tert-OH is 1. The number of nitrogens with zero attached hydrogens (tertiary/aromatic N) is 2. The van der Waals surface area contributed by atoms with E-state index in [0.29, 0.717) is 23.6 Å². The molecule has 0 bridgehead atoms. The predicted octanol–water partition coefficient (Wildman–Crippen LogP) is 2.58. The molecule has 2 aromatic rings. The fourth-order valence-corrected chi connectivity index (χ4v) is 2.69. The summed E-state index contributed by atoms with van der Waals surface area (Å²) < 4.78 is 31.4. The molecule has 2 heterocycles. The van der Waals surface area contributed by atoms with Crippen molar-refractivity contribution in [3.63, 3.8) is 0 Å². The number of rotatable bonds is 4. The van der Waals surface area contributed by atoms with E-state index in [1.165, 1.54) is 6.07 Å². The molecule has 4 nitrogen and oxygen atoms in total. The summed E-state index contributed by atoms with van der Waals surface area (Å²) in [6, 6.07) is 5.51. The molecule has 3 rings (SSSR count). The fraction of sp³-hybridized carbons (Fsp3) is 0.400. The highest BCUT2D eigenvalue weighted by atomic mass is 19.2. The van der Waals surface area contributed by atoms with Gasteiger partial charge in [0.15, 0.2) is 17.4 Å². The van der Waals surface area contributed by atoms with Crippen LogP contribution in [0.3, 0.4) is 0 Å². The van der Waals surface area contributed by atoms with Gasteiger partial charge >= 0.3 is 0 Å². The van der Waals surface area contributed by atoms with Gasteiger partial charge in [0.1, 0.15) is 5.69 Å². The fourth-order valence-electron chi connectivity index (χ4n) is 2.69. The van der Waals surface area contributed by atoms with Crippen molar-refractivity contribution < 1.29 is 18.4 Å². The Bertz CT molecular complexity index is 630. The predicted molar refractivity (Wildman–Crippen MR) is 72.4 cm³/mol. The monoisotopic (exact) mass is 294 g/mol. The molecule has 1 aliphatic rings. The lowest BCUT2D eigenvalue weighted by Crippen LogP contribution is -2.31. The Balaban J connectivity index is 1.75. The number of hydrogen-bond acceptors (Lipinski definition) is 4. The van der Waals surface area contributed by atoms with Crippen LogP contribution in [0.1, 0.15) is 18.6 Å². The van der Waals surface area contributed by atoms with Gasteiger partial charge in [0.25, 0.3) is 0 Å². The van der Waals surface area contributed by atoms with Crippen molar-refractivity contribution in [2.24, 2.45) is 0 Å². The molecule has 112 valence electrons. The Kier molecular flexibility index (Phi) is 3.98. The van der Waals surface area contributed by atoms with Gasteiger partial charge in [-0.2, -0.15) is 0 Å². The molecule has 1 aromatic carbocycles. The van der Waals surface area contributed by atoms with E-state index in [1.807, 2.05) is 0 Å². The van der Waals surface area contributed by atoms with Gasteiger partial charge in [-0.1, -0.05) is 5.16 Å². The Morgan fingerprint density at radius 1 is 1.29 bits per heavy atom. The van der Waals surface area contributed by atoms with Crippen molar-refractivity contribution in [1.82, 2.24) is 10.1 Å². The molecule has 1 saturated heterocycles. The SMILES string of the molecule is OC[C@H]1CCCN1Cc1cc(-c2ccc(F)c(F)c2)no1. The molecule has 0 saturated carbocycles. The molecule has 21 heavy (non-hydrogen) atoms. The third-order valence-corrected chi connectivity index (χ3v) is 3.84. The van der Waals surface area contributed by atoms with E-state index in [-0.39, 0.29) is 12.6 Å². The van der Waals surface area contributed by atoms with Crippen LogP contribution in [0.5, 0.6) is 0 Å². The largest absolute Gasteiger partial charge is 0.395 e. The van der Waals surface area contributed by atoms with E-state index in [0.717, 1.165) is 31.5 Å². The average molecular weight is 294 g/mol. The van der Waals surface area contributed by atoms with Crippen LogP contribution in [-0.2, 0) is 6.54 Å². The Morgan fingerprint density at radius 3 is 2.90 bits per heavy atom. The number of aliphatic hydroxyl groups is 1. The van der Waals surface area contributed by atoms with Gasteiger partial charge in [0.2, 0.25) is 0 Å². The molecular formula is C15H16F2N2O2. The highest BCUT2D eigenvalue weighted by Gasteiger charge is 2.25. The molecule has 1 aromatic heterocycles. The van der Waals surface area contributed by atoms with Crippen molar-refractivity contribution >= 4 is 0 Å². The summed E-state index contributed by atoms with van der Waals surface area (Å²) in [6.07, 6.45) is 2.02. The second kappa shape index (κ2) is 5.91. The molecule has 0 unspecified atom stereocenters. The molecule has 0 spiro atoms. The van der Waals surface area contributed by atoms with Crippen LogP contribution in [0.4, 0.5) is 8.78 Å². The minimum Gasteiger partial charge on any atom is -0.395 e. The molecule has 1 aliphatic heterocycles. The molecular weight excluding hydrogens is 278 g/mol. The Hall–Kier alpha value is -1.79. The zero-order valence-electron chi connectivity index (χ0n) is 11.4. The van der Waals surface area contributed by atoms with Crippen molar-refractivity contribution in [2.45, 2.75) is 25.4 Å². The summed E-state index contributed by atoms with van der Waals surface area (Å²) in [4.78, 5) is 2.13. The van der Waals surface area contributed by atoms with Gasteiger partial charge in [-0.25, -0.2) is 8.78 Å². The number of aromatic nitrogens is 1. The van der Waals surface area contributed by atoms with Crippen LogP contribution < -0.4 is 0 Å². The highest BCUT2D eigenvalue weighted by molar-refractivity contribution is 5.58. The second-order valence-electron chi connectivity index (χ2n) is 5.26. The first kappa shape index (κ1) is 14.2. The van der Waals surface area contributed by atoms with E-state index in [1.54, 1.807) is 6.07 Å². The van der Waals surface area contributed by atoms with E-state index >= 15 is 0 Å². The van der Waals surface area contributed by atoms with Crippen molar-refractivity contribution in [3.05, 3.63) is 41.7 Å². The minimum atomic E-state index is -0.906. The number of likely N-dealkylation sites (tertiary alicyclic amines) is 1. The number of halogens is 2. The van der Waals surface area contributed by atoms with Gasteiger partial charge in [-0.3, -0.25) is 4.90 Å². The summed E-state index contributed by atoms with van der Waals surface area (Å²) in [5.41, 5.74) is 0.952. The quantitative estimate of drug-likeness (QED) is 0.941. The van der Waals surface area contributed by atoms with Crippen LogP contribution in [0.15, 0.2) is 28.8 Å². The zero-order chi connectivity index (χ0) is 14.8. The Labute approximate surface area is 121 Å². The second-order valence-corrected chi connectivity index (χ2v) is 5.26. The first-order chi connectivity index (χ1) is 10.2. The lowest BCUT2D eigenvalue weighted by Gasteiger charge is -2.20. The maximum Gasteiger partial charge on any atom is 0.159 e. The molecule has 0 amide bonds. The lowest BCUT2D eigenvalue weighted by molar-refractivity contribution is 0.143. The van der Waals surface area contributed by atoms with Crippen LogP contribution in [0.2, 0.25) is 0 Å². The third-order valence-electron chi connectivity index (χ3n) is 3.84. The maximum atomic E-state index is 13.2. The zero-order valence-corrected chi connectivity index (χ0v) is 11.4. The summed E-state index contributed by atoms with van der Waals surface area (Å²) >= 11 is 0. The molecule has 1 N–H and O–H groups in total. The summed E-state index contributed by atoms with van der Waals surface area (Å²) in [5.74, 6) is -1.14. The first-order valence-electron chi connectivity index (χ1n) is 6.93. The Morgan fingerprint density at radius 2 is 2.14 bits per heavy atom. The van der Waals surface area contributed by atoms with E-state index in [9.17, 15) is 13.9 Å². The topological polar surface area (TPSA) is 49.5 Å². The van der Waals surface area contributed by atoms with Crippen molar-refractivity contribution in [1.29, 1.82) is 0 Å².